The number of hydrogen-bond donors (Lipinski definition) is 2. The van der Waals surface area contributed by atoms with Gasteiger partial charge >= 0.3 is 5.97 Å². The molecule has 2 aromatic carbocycles. The van der Waals surface area contributed by atoms with E-state index in [1.165, 1.54) is 5.56 Å². The molecule has 0 fully saturated rings. The number of carbonyl (C=O) groups excluding carboxylic acids is 1. The zero-order valence-corrected chi connectivity index (χ0v) is 17.7. The highest BCUT2D eigenvalue weighted by Crippen LogP contribution is 2.41. The number of likely N-dealkylation sites (N-methyl/N-ethyl adjacent to an activating group) is 1. The molecule has 0 saturated carbocycles. The van der Waals surface area contributed by atoms with Gasteiger partial charge in [-0.05, 0) is 62.1 Å². The molecule has 0 saturated heterocycles. The molecule has 0 aliphatic heterocycles. The lowest BCUT2D eigenvalue weighted by Crippen LogP contribution is -2.44. The second-order valence-electron chi connectivity index (χ2n) is 7.92. The normalized spacial score (nSPS) is 14.5. The molecule has 4 heteroatoms. The summed E-state index contributed by atoms with van der Waals surface area (Å²) in [6.45, 7) is 9.06. The SMILES string of the molecule is CCOC(=O)[C@@](C)(c1ccc(CC(C)C)cc1)C(CNC)c1cccc(O)c1. The molecule has 0 heterocycles. The fourth-order valence-corrected chi connectivity index (χ4v) is 3.80. The van der Waals surface area contributed by atoms with Crippen molar-refractivity contribution in [3.63, 3.8) is 0 Å². The zero-order chi connectivity index (χ0) is 20.7. The fraction of sp³-hybridized carbons (Fsp3) is 0.458. The van der Waals surface area contributed by atoms with Crippen molar-refractivity contribution in [1.82, 2.24) is 5.32 Å². The van der Waals surface area contributed by atoms with Crippen molar-refractivity contribution in [2.75, 3.05) is 20.2 Å². The number of carbonyl (C=O) groups is 1. The number of ether oxygens (including phenoxy) is 1. The van der Waals surface area contributed by atoms with Gasteiger partial charge < -0.3 is 15.2 Å². The van der Waals surface area contributed by atoms with E-state index in [0.717, 1.165) is 17.5 Å². The third-order valence-electron chi connectivity index (χ3n) is 5.27. The average Bonchev–Trinajstić information content (AvgIpc) is 2.66. The minimum Gasteiger partial charge on any atom is -0.508 e. The van der Waals surface area contributed by atoms with Gasteiger partial charge in [-0.25, -0.2) is 0 Å². The van der Waals surface area contributed by atoms with Crippen molar-refractivity contribution in [3.8, 4) is 5.75 Å². The van der Waals surface area contributed by atoms with Crippen LogP contribution in [0, 0.1) is 5.92 Å². The first-order valence-corrected chi connectivity index (χ1v) is 10.0. The van der Waals surface area contributed by atoms with Gasteiger partial charge in [-0.1, -0.05) is 50.2 Å². The highest BCUT2D eigenvalue weighted by molar-refractivity contribution is 5.84. The highest BCUT2D eigenvalue weighted by atomic mass is 16.5. The van der Waals surface area contributed by atoms with Crippen LogP contribution in [0.3, 0.4) is 0 Å². The first kappa shape index (κ1) is 22.0. The lowest BCUT2D eigenvalue weighted by Gasteiger charge is -2.36. The molecule has 0 spiro atoms. The molecule has 0 aliphatic rings. The van der Waals surface area contributed by atoms with E-state index < -0.39 is 5.41 Å². The first-order valence-electron chi connectivity index (χ1n) is 10.0. The van der Waals surface area contributed by atoms with E-state index in [1.54, 1.807) is 12.1 Å². The Kier molecular flexibility index (Phi) is 7.64. The van der Waals surface area contributed by atoms with Crippen LogP contribution in [0.5, 0.6) is 5.75 Å². The molecule has 2 atom stereocenters. The van der Waals surface area contributed by atoms with Crippen LogP contribution in [0.2, 0.25) is 0 Å². The number of phenols is 1. The Labute approximate surface area is 168 Å². The lowest BCUT2D eigenvalue weighted by atomic mass is 9.68. The molecular formula is C24H33NO3. The van der Waals surface area contributed by atoms with E-state index in [0.29, 0.717) is 19.1 Å². The maximum Gasteiger partial charge on any atom is 0.316 e. The molecule has 1 unspecified atom stereocenters. The number of nitrogens with one attached hydrogen (secondary N) is 1. The van der Waals surface area contributed by atoms with E-state index >= 15 is 0 Å². The maximum absolute atomic E-state index is 13.2. The van der Waals surface area contributed by atoms with Crippen LogP contribution in [-0.4, -0.2) is 31.3 Å². The fourth-order valence-electron chi connectivity index (χ4n) is 3.80. The Balaban J connectivity index is 2.55. The molecule has 0 radical (unpaired) electrons. The van der Waals surface area contributed by atoms with Crippen LogP contribution >= 0.6 is 0 Å². The van der Waals surface area contributed by atoms with Crippen LogP contribution in [0.4, 0.5) is 0 Å². The number of benzene rings is 2. The number of esters is 1. The topological polar surface area (TPSA) is 58.6 Å². The smallest absolute Gasteiger partial charge is 0.316 e. The Bertz CT molecular complexity index is 770. The van der Waals surface area contributed by atoms with Gasteiger partial charge in [0.25, 0.3) is 0 Å². The average molecular weight is 384 g/mol. The van der Waals surface area contributed by atoms with Crippen LogP contribution in [0.25, 0.3) is 0 Å². The van der Waals surface area contributed by atoms with E-state index in [9.17, 15) is 9.90 Å². The molecule has 2 rings (SSSR count). The number of hydrogen-bond acceptors (Lipinski definition) is 4. The third kappa shape index (κ3) is 4.93. The highest BCUT2D eigenvalue weighted by Gasteiger charge is 2.44. The first-order chi connectivity index (χ1) is 13.3. The van der Waals surface area contributed by atoms with Crippen LogP contribution < -0.4 is 5.32 Å². The summed E-state index contributed by atoms with van der Waals surface area (Å²) in [4.78, 5) is 13.2. The van der Waals surface area contributed by atoms with Gasteiger partial charge in [-0.3, -0.25) is 4.79 Å². The zero-order valence-electron chi connectivity index (χ0n) is 17.7. The predicted octanol–water partition coefficient (Wildman–Crippen LogP) is 4.41. The van der Waals surface area contributed by atoms with Crippen molar-refractivity contribution >= 4 is 5.97 Å². The Morgan fingerprint density at radius 3 is 2.39 bits per heavy atom. The van der Waals surface area contributed by atoms with Gasteiger partial charge in [0, 0.05) is 12.5 Å². The Morgan fingerprint density at radius 1 is 1.18 bits per heavy atom. The summed E-state index contributed by atoms with van der Waals surface area (Å²) in [7, 11) is 1.87. The second kappa shape index (κ2) is 9.74. The van der Waals surface area contributed by atoms with E-state index in [-0.39, 0.29) is 17.6 Å². The monoisotopic (exact) mass is 383 g/mol. The van der Waals surface area contributed by atoms with Crippen molar-refractivity contribution in [2.24, 2.45) is 5.92 Å². The molecule has 152 valence electrons. The molecule has 2 N–H and O–H groups in total. The second-order valence-corrected chi connectivity index (χ2v) is 7.92. The minimum absolute atomic E-state index is 0.192. The summed E-state index contributed by atoms with van der Waals surface area (Å²) >= 11 is 0. The molecule has 0 aromatic heterocycles. The Hall–Kier alpha value is -2.33. The quantitative estimate of drug-likeness (QED) is 0.630. The van der Waals surface area contributed by atoms with Crippen LogP contribution in [0.15, 0.2) is 48.5 Å². The van der Waals surface area contributed by atoms with Crippen LogP contribution in [-0.2, 0) is 21.4 Å². The van der Waals surface area contributed by atoms with E-state index in [1.807, 2.05) is 45.2 Å². The number of aromatic hydroxyl groups is 1. The summed E-state index contributed by atoms with van der Waals surface area (Å²) < 4.78 is 5.51. The van der Waals surface area contributed by atoms with Gasteiger partial charge in [-0.2, -0.15) is 0 Å². The standard InChI is InChI=1S/C24H33NO3/c1-6-28-23(27)24(4,20-12-10-18(11-13-20)14-17(2)3)22(16-25-5)19-8-7-9-21(26)15-19/h7-13,15,17,22,25-26H,6,14,16H2,1-5H3/t22?,24-/m0/s1. The van der Waals surface area contributed by atoms with Gasteiger partial charge in [0.15, 0.2) is 0 Å². The van der Waals surface area contributed by atoms with E-state index in [4.69, 9.17) is 4.74 Å². The molecule has 28 heavy (non-hydrogen) atoms. The third-order valence-corrected chi connectivity index (χ3v) is 5.27. The molecule has 0 amide bonds. The number of rotatable bonds is 9. The largest absolute Gasteiger partial charge is 0.508 e. The van der Waals surface area contributed by atoms with Gasteiger partial charge in [0.2, 0.25) is 0 Å². The molecular weight excluding hydrogens is 350 g/mol. The lowest BCUT2D eigenvalue weighted by molar-refractivity contribution is -0.150. The predicted molar refractivity (Wildman–Crippen MR) is 114 cm³/mol. The minimum atomic E-state index is -0.886. The van der Waals surface area contributed by atoms with Gasteiger partial charge in [0.05, 0.1) is 12.0 Å². The van der Waals surface area contributed by atoms with Crippen LogP contribution in [0.1, 0.15) is 50.3 Å². The van der Waals surface area contributed by atoms with Gasteiger partial charge in [-0.15, -0.1) is 0 Å². The van der Waals surface area contributed by atoms with Crippen molar-refractivity contribution in [1.29, 1.82) is 0 Å². The summed E-state index contributed by atoms with van der Waals surface area (Å²) in [6, 6.07) is 15.4. The summed E-state index contributed by atoms with van der Waals surface area (Å²) in [6.07, 6.45) is 1.00. The van der Waals surface area contributed by atoms with E-state index in [2.05, 4.69) is 31.3 Å². The summed E-state index contributed by atoms with van der Waals surface area (Å²) in [5.41, 5.74) is 2.19. The van der Waals surface area contributed by atoms with Gasteiger partial charge in [0.1, 0.15) is 5.75 Å². The Morgan fingerprint density at radius 2 is 1.86 bits per heavy atom. The van der Waals surface area contributed by atoms with Crippen molar-refractivity contribution in [3.05, 3.63) is 65.2 Å². The summed E-state index contributed by atoms with van der Waals surface area (Å²) in [5, 5.41) is 13.2. The molecule has 0 aliphatic carbocycles. The molecule has 0 bridgehead atoms. The van der Waals surface area contributed by atoms with Crippen molar-refractivity contribution < 1.29 is 14.6 Å². The molecule has 4 nitrogen and oxygen atoms in total. The van der Waals surface area contributed by atoms with Crippen molar-refractivity contribution in [2.45, 2.75) is 45.4 Å². The maximum atomic E-state index is 13.2. The summed E-state index contributed by atoms with van der Waals surface area (Å²) in [5.74, 6) is 0.318. The number of phenolic OH excluding ortho intramolecular Hbond substituents is 1. The molecule has 2 aromatic rings.